The molecule has 1 amide bonds. The van der Waals surface area contributed by atoms with E-state index >= 15 is 0 Å². The van der Waals surface area contributed by atoms with Crippen molar-refractivity contribution in [3.05, 3.63) is 0 Å². The third-order valence-electron chi connectivity index (χ3n) is 3.80. The fraction of sp³-hybridized carbons (Fsp3) is 0.917. The fourth-order valence-electron chi connectivity index (χ4n) is 2.47. The van der Waals surface area contributed by atoms with Crippen LogP contribution in [0.1, 0.15) is 59.3 Å². The maximum atomic E-state index is 12.3. The minimum Gasteiger partial charge on any atom is -0.247 e. The number of amides is 1. The molecule has 5 heteroatoms. The Balaban J connectivity index is 2.77. The molecule has 0 aromatic heterocycles. The Morgan fingerprint density at radius 2 is 1.82 bits per heavy atom. The molecule has 100 valence electrons. The summed E-state index contributed by atoms with van der Waals surface area (Å²) in [5, 5.41) is 3.36. The summed E-state index contributed by atoms with van der Waals surface area (Å²) in [6.45, 7) is 6.15. The number of halogens is 2. The third kappa shape index (κ3) is 2.78. The average Bonchev–Trinajstić information content (AvgIpc) is 2.51. The maximum absolute atomic E-state index is 12.3. The SMILES string of the molecule is CCCCCC1NC(CC)(CC)C(=O)[N+]1(Cl)Cl. The molecule has 3 nitrogen and oxygen atoms in total. The van der Waals surface area contributed by atoms with Crippen LogP contribution in [0.4, 0.5) is 0 Å². The third-order valence-corrected chi connectivity index (χ3v) is 4.58. The van der Waals surface area contributed by atoms with E-state index in [2.05, 4.69) is 12.2 Å². The molecule has 0 aliphatic carbocycles. The molecule has 1 heterocycles. The molecule has 1 aliphatic rings. The van der Waals surface area contributed by atoms with Crippen molar-refractivity contribution in [3.63, 3.8) is 0 Å². The quantitative estimate of drug-likeness (QED) is 0.594. The van der Waals surface area contributed by atoms with E-state index in [0.29, 0.717) is 0 Å². The fourth-order valence-corrected chi connectivity index (χ4v) is 3.08. The van der Waals surface area contributed by atoms with Gasteiger partial charge in [0.2, 0.25) is 0 Å². The Hall–Kier alpha value is 0.170. The summed E-state index contributed by atoms with van der Waals surface area (Å²) in [5.74, 6) is -0.104. The molecule has 1 atom stereocenters. The summed E-state index contributed by atoms with van der Waals surface area (Å²) in [6.07, 6.45) is 5.47. The topological polar surface area (TPSA) is 29.1 Å². The number of carbonyl (C=O) groups is 1. The normalized spacial score (nSPS) is 26.4. The highest BCUT2D eigenvalue weighted by atomic mass is 35.5. The maximum Gasteiger partial charge on any atom is 0.371 e. The van der Waals surface area contributed by atoms with E-state index in [-0.39, 0.29) is 12.1 Å². The molecule has 1 N–H and O–H groups in total. The Morgan fingerprint density at radius 1 is 1.24 bits per heavy atom. The number of carbonyl (C=O) groups excluding carboxylic acids is 1. The summed E-state index contributed by atoms with van der Waals surface area (Å²) in [5.41, 5.74) is -0.541. The van der Waals surface area contributed by atoms with Gasteiger partial charge in [-0.1, -0.05) is 33.6 Å². The van der Waals surface area contributed by atoms with E-state index < -0.39 is 9.06 Å². The first-order chi connectivity index (χ1) is 7.94. The molecule has 1 aliphatic heterocycles. The Bertz CT molecular complexity index is 278. The largest absolute Gasteiger partial charge is 0.371 e. The first-order valence-electron chi connectivity index (χ1n) is 6.55. The predicted molar refractivity (Wildman–Crippen MR) is 71.4 cm³/mol. The highest BCUT2D eigenvalue weighted by Crippen LogP contribution is 2.39. The summed E-state index contributed by atoms with van der Waals surface area (Å²) in [7, 11) is 0. The van der Waals surface area contributed by atoms with Crippen LogP contribution in [0.3, 0.4) is 0 Å². The number of nitrogens with one attached hydrogen (secondary N) is 1. The summed E-state index contributed by atoms with van der Waals surface area (Å²) < 4.78 is -0.550. The van der Waals surface area contributed by atoms with Gasteiger partial charge in [-0.2, -0.15) is 0 Å². The molecule has 1 unspecified atom stereocenters. The second kappa shape index (κ2) is 5.87. The van der Waals surface area contributed by atoms with E-state index in [4.69, 9.17) is 23.6 Å². The van der Waals surface area contributed by atoms with E-state index in [0.717, 1.165) is 38.5 Å². The summed E-state index contributed by atoms with van der Waals surface area (Å²) in [4.78, 5) is 12.3. The van der Waals surface area contributed by atoms with Crippen LogP contribution in [-0.2, 0) is 4.79 Å². The molecule has 0 radical (unpaired) electrons. The zero-order valence-corrected chi connectivity index (χ0v) is 12.4. The zero-order chi connectivity index (χ0) is 13.1. The van der Waals surface area contributed by atoms with Gasteiger partial charge in [-0.15, -0.1) is 0 Å². The monoisotopic (exact) mass is 281 g/mol. The number of hydrogen-bond donors (Lipinski definition) is 1. The molecule has 17 heavy (non-hydrogen) atoms. The van der Waals surface area contributed by atoms with Gasteiger partial charge in [0.05, 0.1) is 0 Å². The second-order valence-corrected chi connectivity index (χ2v) is 6.05. The van der Waals surface area contributed by atoms with E-state index in [1.165, 1.54) is 0 Å². The number of quaternary nitrogens is 1. The van der Waals surface area contributed by atoms with Crippen LogP contribution in [0.2, 0.25) is 0 Å². The van der Waals surface area contributed by atoms with Gasteiger partial charge in [0, 0.05) is 6.42 Å². The van der Waals surface area contributed by atoms with Crippen LogP contribution in [0, 0.1) is 0 Å². The molecule has 0 saturated carbocycles. The minimum absolute atomic E-state index is 0.104. The molecule has 1 saturated heterocycles. The van der Waals surface area contributed by atoms with Crippen molar-refractivity contribution in [2.75, 3.05) is 0 Å². The minimum atomic E-state index is -0.550. The Labute approximate surface area is 114 Å². The van der Waals surface area contributed by atoms with Crippen LogP contribution in [-0.4, -0.2) is 21.1 Å². The van der Waals surface area contributed by atoms with Gasteiger partial charge in [-0.05, 0) is 22.8 Å². The molecular weight excluding hydrogens is 259 g/mol. The van der Waals surface area contributed by atoms with Crippen molar-refractivity contribution in [1.82, 2.24) is 5.32 Å². The number of hydrogen-bond acceptors (Lipinski definition) is 2. The van der Waals surface area contributed by atoms with Gasteiger partial charge in [0.1, 0.15) is 5.54 Å². The van der Waals surface area contributed by atoms with Crippen molar-refractivity contribution < 1.29 is 8.32 Å². The van der Waals surface area contributed by atoms with E-state index in [1.807, 2.05) is 13.8 Å². The van der Waals surface area contributed by atoms with Crippen molar-refractivity contribution in [3.8, 4) is 0 Å². The highest BCUT2D eigenvalue weighted by Gasteiger charge is 2.62. The molecule has 1 rings (SSSR count). The lowest BCUT2D eigenvalue weighted by Gasteiger charge is -2.19. The Kier molecular flexibility index (Phi) is 5.26. The molecule has 0 aromatic rings. The van der Waals surface area contributed by atoms with Crippen LogP contribution >= 0.6 is 23.6 Å². The van der Waals surface area contributed by atoms with Gasteiger partial charge in [-0.25, -0.2) is 10.1 Å². The summed E-state index contributed by atoms with van der Waals surface area (Å²) in [6, 6.07) is 0. The van der Waals surface area contributed by atoms with Gasteiger partial charge in [0.15, 0.2) is 29.7 Å². The standard InChI is InChI=1S/C12H23Cl2N2O/c1-4-7-8-9-10-15-12(5-2,6-3)11(17)16(10,13)14/h10,15H,4-9H2,1-3H3/q+1. The van der Waals surface area contributed by atoms with Crippen molar-refractivity contribution >= 4 is 29.5 Å². The van der Waals surface area contributed by atoms with Crippen LogP contribution in [0.5, 0.6) is 0 Å². The second-order valence-electron chi connectivity index (χ2n) is 4.81. The lowest BCUT2D eigenvalue weighted by Crippen LogP contribution is -2.46. The van der Waals surface area contributed by atoms with Crippen molar-refractivity contribution in [2.45, 2.75) is 71.0 Å². The van der Waals surface area contributed by atoms with Gasteiger partial charge in [0.25, 0.3) is 0 Å². The molecule has 0 aromatic carbocycles. The van der Waals surface area contributed by atoms with Crippen LogP contribution in [0.15, 0.2) is 0 Å². The van der Waals surface area contributed by atoms with Gasteiger partial charge >= 0.3 is 5.91 Å². The lowest BCUT2D eigenvalue weighted by atomic mass is 9.93. The van der Waals surface area contributed by atoms with E-state index in [1.54, 1.807) is 0 Å². The Morgan fingerprint density at radius 3 is 2.24 bits per heavy atom. The van der Waals surface area contributed by atoms with Gasteiger partial charge < -0.3 is 0 Å². The molecule has 0 spiro atoms. The molecule has 0 bridgehead atoms. The van der Waals surface area contributed by atoms with Gasteiger partial charge in [-0.3, -0.25) is 0 Å². The van der Waals surface area contributed by atoms with Crippen molar-refractivity contribution in [1.29, 1.82) is 0 Å². The number of rotatable bonds is 6. The first-order valence-corrected chi connectivity index (χ1v) is 7.23. The summed E-state index contributed by atoms with van der Waals surface area (Å²) >= 11 is 12.4. The predicted octanol–water partition coefficient (Wildman–Crippen LogP) is 3.71. The molecule has 1 fully saturated rings. The first kappa shape index (κ1) is 15.2. The van der Waals surface area contributed by atoms with Crippen LogP contribution < -0.4 is 5.32 Å². The average molecular weight is 282 g/mol. The number of unbranched alkanes of at least 4 members (excludes halogenated alkanes) is 2. The van der Waals surface area contributed by atoms with Crippen molar-refractivity contribution in [2.24, 2.45) is 0 Å². The highest BCUT2D eigenvalue weighted by molar-refractivity contribution is 6.30. The van der Waals surface area contributed by atoms with E-state index in [9.17, 15) is 4.79 Å². The zero-order valence-electron chi connectivity index (χ0n) is 10.9. The smallest absolute Gasteiger partial charge is 0.247 e. The number of nitrogens with zero attached hydrogens (tertiary/aromatic N) is 1. The lowest BCUT2D eigenvalue weighted by molar-refractivity contribution is -0.633. The van der Waals surface area contributed by atoms with Crippen LogP contribution in [0.25, 0.3) is 0 Å². The molecular formula is C12H23Cl2N2O+.